The zero-order valence-corrected chi connectivity index (χ0v) is 19.9. The number of amides is 4. The summed E-state index contributed by atoms with van der Waals surface area (Å²) >= 11 is 0.895. The minimum atomic E-state index is -0.369. The van der Waals surface area contributed by atoms with Crippen LogP contribution in [0.25, 0.3) is 6.08 Å². The van der Waals surface area contributed by atoms with Crippen LogP contribution in [0, 0.1) is 0 Å². The van der Waals surface area contributed by atoms with E-state index in [4.69, 9.17) is 0 Å². The molecule has 0 spiro atoms. The van der Waals surface area contributed by atoms with Crippen LogP contribution in [0.4, 0.5) is 10.5 Å². The van der Waals surface area contributed by atoms with E-state index in [1.165, 1.54) is 12.5 Å². The first-order valence-electron chi connectivity index (χ1n) is 10.6. The van der Waals surface area contributed by atoms with Crippen LogP contribution in [-0.4, -0.2) is 41.0 Å². The van der Waals surface area contributed by atoms with Gasteiger partial charge >= 0.3 is 0 Å². The number of rotatable bonds is 6. The number of nitrogens with zero attached hydrogens (tertiary/aromatic N) is 1. The predicted molar refractivity (Wildman–Crippen MR) is 131 cm³/mol. The molecule has 1 heterocycles. The standard InChI is InChI=1S/C25H27N3O4S/c1-16(29)27-20-7-5-6-18(15-20)22(30)26-12-13-28-23(31)21(33-24(28)32)14-17-8-10-19(11-9-17)25(2,3)4/h5-11,14-15H,12-13H2,1-4H3,(H,26,30)(H,27,29)/b21-14-. The van der Waals surface area contributed by atoms with E-state index in [1.54, 1.807) is 30.3 Å². The highest BCUT2D eigenvalue weighted by Gasteiger charge is 2.34. The first-order valence-corrected chi connectivity index (χ1v) is 11.4. The average Bonchev–Trinajstić information content (AvgIpc) is 3.00. The van der Waals surface area contributed by atoms with Crippen molar-refractivity contribution < 1.29 is 19.2 Å². The Kier molecular flexibility index (Phi) is 7.38. The van der Waals surface area contributed by atoms with Crippen molar-refractivity contribution in [3.8, 4) is 0 Å². The molecule has 0 saturated carbocycles. The smallest absolute Gasteiger partial charge is 0.293 e. The van der Waals surface area contributed by atoms with Gasteiger partial charge in [0, 0.05) is 31.3 Å². The molecule has 2 aromatic rings. The highest BCUT2D eigenvalue weighted by Crippen LogP contribution is 2.32. The fraction of sp³-hybridized carbons (Fsp3) is 0.280. The molecule has 0 unspecified atom stereocenters. The van der Waals surface area contributed by atoms with Gasteiger partial charge in [-0.05, 0) is 52.6 Å². The van der Waals surface area contributed by atoms with Crippen molar-refractivity contribution in [1.29, 1.82) is 0 Å². The van der Waals surface area contributed by atoms with Crippen LogP contribution in [0.1, 0.15) is 49.2 Å². The van der Waals surface area contributed by atoms with E-state index in [0.717, 1.165) is 22.2 Å². The molecular weight excluding hydrogens is 438 g/mol. The number of anilines is 1. The van der Waals surface area contributed by atoms with Crippen molar-refractivity contribution in [3.63, 3.8) is 0 Å². The lowest BCUT2D eigenvalue weighted by atomic mass is 9.87. The molecule has 1 aliphatic heterocycles. The van der Waals surface area contributed by atoms with E-state index in [9.17, 15) is 19.2 Å². The van der Waals surface area contributed by atoms with Crippen molar-refractivity contribution in [1.82, 2.24) is 10.2 Å². The summed E-state index contributed by atoms with van der Waals surface area (Å²) in [5.74, 6) is -0.958. The normalized spacial score (nSPS) is 15.2. The Morgan fingerprint density at radius 2 is 1.76 bits per heavy atom. The summed E-state index contributed by atoms with van der Waals surface area (Å²) in [6.07, 6.45) is 1.71. The van der Waals surface area contributed by atoms with Crippen molar-refractivity contribution in [2.75, 3.05) is 18.4 Å². The molecule has 8 heteroatoms. The van der Waals surface area contributed by atoms with Gasteiger partial charge in [-0.25, -0.2) is 0 Å². The van der Waals surface area contributed by atoms with Gasteiger partial charge in [0.15, 0.2) is 0 Å². The largest absolute Gasteiger partial charge is 0.350 e. The lowest BCUT2D eigenvalue weighted by molar-refractivity contribution is -0.122. The Hall–Kier alpha value is -3.39. The van der Waals surface area contributed by atoms with Crippen LogP contribution in [0.3, 0.4) is 0 Å². The quantitative estimate of drug-likeness (QED) is 0.616. The highest BCUT2D eigenvalue weighted by atomic mass is 32.2. The first kappa shape index (κ1) is 24.3. The fourth-order valence-electron chi connectivity index (χ4n) is 3.25. The number of hydrogen-bond donors (Lipinski definition) is 2. The van der Waals surface area contributed by atoms with E-state index >= 15 is 0 Å². The van der Waals surface area contributed by atoms with E-state index in [2.05, 4.69) is 31.4 Å². The fourth-order valence-corrected chi connectivity index (χ4v) is 4.11. The van der Waals surface area contributed by atoms with Crippen LogP contribution < -0.4 is 10.6 Å². The summed E-state index contributed by atoms with van der Waals surface area (Å²) in [6.45, 7) is 7.97. The second kappa shape index (κ2) is 10.0. The molecule has 1 fully saturated rings. The minimum Gasteiger partial charge on any atom is -0.350 e. The molecule has 0 atom stereocenters. The Balaban J connectivity index is 1.58. The molecule has 2 aromatic carbocycles. The molecule has 0 aliphatic carbocycles. The molecule has 0 aromatic heterocycles. The molecule has 3 rings (SSSR count). The summed E-state index contributed by atoms with van der Waals surface area (Å²) in [4.78, 5) is 50.1. The van der Waals surface area contributed by atoms with Gasteiger partial charge in [0.1, 0.15) is 0 Å². The Bertz CT molecular complexity index is 1120. The van der Waals surface area contributed by atoms with E-state index < -0.39 is 0 Å². The van der Waals surface area contributed by atoms with Gasteiger partial charge in [-0.3, -0.25) is 24.1 Å². The maximum Gasteiger partial charge on any atom is 0.293 e. The average molecular weight is 466 g/mol. The molecule has 4 amide bonds. The summed E-state index contributed by atoms with van der Waals surface area (Å²) < 4.78 is 0. The molecule has 0 radical (unpaired) electrons. The molecular formula is C25H27N3O4S. The molecule has 172 valence electrons. The molecule has 1 saturated heterocycles. The molecule has 0 bridgehead atoms. The van der Waals surface area contributed by atoms with Gasteiger partial charge < -0.3 is 10.6 Å². The van der Waals surface area contributed by atoms with Crippen LogP contribution in [0.5, 0.6) is 0 Å². The van der Waals surface area contributed by atoms with Gasteiger partial charge in [-0.15, -0.1) is 0 Å². The topological polar surface area (TPSA) is 95.6 Å². The predicted octanol–water partition coefficient (Wildman–Crippen LogP) is 4.41. The van der Waals surface area contributed by atoms with Crippen molar-refractivity contribution >= 4 is 46.5 Å². The monoisotopic (exact) mass is 465 g/mol. The van der Waals surface area contributed by atoms with Crippen LogP contribution >= 0.6 is 11.8 Å². The summed E-state index contributed by atoms with van der Waals surface area (Å²) in [5, 5.41) is 4.97. The third-order valence-corrected chi connectivity index (χ3v) is 5.92. The van der Waals surface area contributed by atoms with Crippen molar-refractivity contribution in [2.45, 2.75) is 33.1 Å². The number of hydrogen-bond acceptors (Lipinski definition) is 5. The van der Waals surface area contributed by atoms with Gasteiger partial charge in [0.25, 0.3) is 17.1 Å². The zero-order valence-electron chi connectivity index (χ0n) is 19.1. The Morgan fingerprint density at radius 3 is 2.39 bits per heavy atom. The van der Waals surface area contributed by atoms with E-state index in [0.29, 0.717) is 16.2 Å². The first-order chi connectivity index (χ1) is 15.5. The zero-order chi connectivity index (χ0) is 24.2. The number of thioether (sulfide) groups is 1. The van der Waals surface area contributed by atoms with E-state index in [1.807, 2.05) is 24.3 Å². The Labute approximate surface area is 197 Å². The lowest BCUT2D eigenvalue weighted by Gasteiger charge is -2.18. The Morgan fingerprint density at radius 1 is 1.06 bits per heavy atom. The molecule has 2 N–H and O–H groups in total. The minimum absolute atomic E-state index is 0.0338. The van der Waals surface area contributed by atoms with Gasteiger partial charge in [0.2, 0.25) is 5.91 Å². The van der Waals surface area contributed by atoms with Gasteiger partial charge in [-0.1, -0.05) is 51.1 Å². The number of benzene rings is 2. The highest BCUT2D eigenvalue weighted by molar-refractivity contribution is 8.18. The van der Waals surface area contributed by atoms with Gasteiger partial charge in [-0.2, -0.15) is 0 Å². The third kappa shape index (κ3) is 6.32. The van der Waals surface area contributed by atoms with Crippen LogP contribution in [-0.2, 0) is 15.0 Å². The number of nitrogens with one attached hydrogen (secondary N) is 2. The molecule has 1 aliphatic rings. The second-order valence-electron chi connectivity index (χ2n) is 8.72. The summed E-state index contributed by atoms with van der Waals surface area (Å²) in [5.41, 5.74) is 2.95. The van der Waals surface area contributed by atoms with Crippen molar-refractivity contribution in [2.24, 2.45) is 0 Å². The number of carbonyl (C=O) groups is 4. The van der Waals surface area contributed by atoms with E-state index in [-0.39, 0.29) is 41.5 Å². The number of imide groups is 1. The van der Waals surface area contributed by atoms with Crippen molar-refractivity contribution in [3.05, 3.63) is 70.1 Å². The van der Waals surface area contributed by atoms with Gasteiger partial charge in [0.05, 0.1) is 4.91 Å². The molecule has 7 nitrogen and oxygen atoms in total. The van der Waals surface area contributed by atoms with Crippen LogP contribution in [0.15, 0.2) is 53.4 Å². The maximum atomic E-state index is 12.7. The SMILES string of the molecule is CC(=O)Nc1cccc(C(=O)NCCN2C(=O)S/C(=C\c3ccc(C(C)(C)C)cc3)C2=O)c1. The maximum absolute atomic E-state index is 12.7. The van der Waals surface area contributed by atoms with Crippen LogP contribution in [0.2, 0.25) is 0 Å². The lowest BCUT2D eigenvalue weighted by Crippen LogP contribution is -2.37. The second-order valence-corrected chi connectivity index (χ2v) is 9.72. The third-order valence-electron chi connectivity index (χ3n) is 5.01. The summed E-state index contributed by atoms with van der Waals surface area (Å²) in [6, 6.07) is 14.4. The molecule has 33 heavy (non-hydrogen) atoms. The summed E-state index contributed by atoms with van der Waals surface area (Å²) in [7, 11) is 0. The number of carbonyl (C=O) groups excluding carboxylic acids is 4.